The summed E-state index contributed by atoms with van der Waals surface area (Å²) in [7, 11) is 2.04. The number of hydrogen-bond donors (Lipinski definition) is 2. The van der Waals surface area contributed by atoms with Gasteiger partial charge in [0.15, 0.2) is 0 Å². The molecule has 2 aliphatic carbocycles. The molecule has 2 aliphatic rings. The number of ether oxygens (including phenoxy) is 1. The molecule has 2 aromatic carbocycles. The summed E-state index contributed by atoms with van der Waals surface area (Å²) in [6.45, 7) is 1.63. The van der Waals surface area contributed by atoms with Crippen molar-refractivity contribution in [2.45, 2.75) is 43.6 Å². The Hall–Kier alpha value is -2.37. The maximum Gasteiger partial charge on any atom is 0.407 e. The Morgan fingerprint density at radius 2 is 1.67 bits per heavy atom. The number of nitrogens with one attached hydrogen (secondary N) is 1. The van der Waals surface area contributed by atoms with Gasteiger partial charge in [0, 0.05) is 24.5 Å². The van der Waals surface area contributed by atoms with Crippen LogP contribution in [0.15, 0.2) is 48.5 Å². The quantitative estimate of drug-likeness (QED) is 0.722. The number of fused-ring (bicyclic) bond motifs is 3. The number of aliphatic hydroxyl groups is 1. The summed E-state index contributed by atoms with van der Waals surface area (Å²) in [5, 5.41) is 12.4. The van der Waals surface area contributed by atoms with Gasteiger partial charge in [0.05, 0.1) is 6.61 Å². The van der Waals surface area contributed by atoms with Crippen LogP contribution in [0.1, 0.15) is 49.1 Å². The molecule has 0 atom stereocenters. The van der Waals surface area contributed by atoms with E-state index < -0.39 is 0 Å². The fourth-order valence-electron chi connectivity index (χ4n) is 5.18. The second-order valence-electron chi connectivity index (χ2n) is 8.61. The van der Waals surface area contributed by atoms with Crippen LogP contribution in [0.25, 0.3) is 11.1 Å². The minimum atomic E-state index is -0.362. The molecule has 160 valence electrons. The number of hydrogen-bond acceptors (Lipinski definition) is 4. The second-order valence-corrected chi connectivity index (χ2v) is 8.61. The van der Waals surface area contributed by atoms with Crippen molar-refractivity contribution in [2.75, 3.05) is 33.4 Å². The average Bonchev–Trinajstić information content (AvgIpc) is 3.11. The second kappa shape index (κ2) is 9.19. The van der Waals surface area contributed by atoms with Crippen LogP contribution in [-0.2, 0) is 4.74 Å². The molecule has 0 bridgehead atoms. The molecule has 0 unspecified atom stereocenters. The molecule has 5 nitrogen and oxygen atoms in total. The molecular formula is C25H32N2O3. The number of carbonyl (C=O) groups is 1. The van der Waals surface area contributed by atoms with Crippen molar-refractivity contribution >= 4 is 6.09 Å². The average molecular weight is 409 g/mol. The molecule has 0 heterocycles. The van der Waals surface area contributed by atoms with E-state index in [1.54, 1.807) is 0 Å². The van der Waals surface area contributed by atoms with Crippen molar-refractivity contribution in [3.63, 3.8) is 0 Å². The largest absolute Gasteiger partial charge is 0.449 e. The molecule has 0 aromatic heterocycles. The number of carbonyl (C=O) groups excluding carboxylic acids is 1. The van der Waals surface area contributed by atoms with Gasteiger partial charge in [-0.15, -0.1) is 0 Å². The molecule has 5 heteroatoms. The highest BCUT2D eigenvalue weighted by atomic mass is 16.5. The molecule has 0 spiro atoms. The van der Waals surface area contributed by atoms with Crippen LogP contribution >= 0.6 is 0 Å². The third kappa shape index (κ3) is 4.09. The third-order valence-electron chi connectivity index (χ3n) is 6.93. The first kappa shape index (κ1) is 20.9. The first-order valence-electron chi connectivity index (χ1n) is 11.1. The summed E-state index contributed by atoms with van der Waals surface area (Å²) in [6, 6.07) is 16.7. The third-order valence-corrected chi connectivity index (χ3v) is 6.93. The van der Waals surface area contributed by atoms with E-state index in [1.807, 2.05) is 19.2 Å². The first-order chi connectivity index (χ1) is 14.6. The summed E-state index contributed by atoms with van der Waals surface area (Å²) < 4.78 is 5.70. The van der Waals surface area contributed by atoms with E-state index in [-0.39, 0.29) is 24.2 Å². The zero-order valence-corrected chi connectivity index (χ0v) is 17.8. The van der Waals surface area contributed by atoms with Crippen LogP contribution in [0.5, 0.6) is 0 Å². The lowest BCUT2D eigenvalue weighted by atomic mass is 9.80. The molecular weight excluding hydrogens is 376 g/mol. The number of amides is 1. The molecule has 2 aromatic rings. The molecule has 0 saturated heterocycles. The zero-order chi connectivity index (χ0) is 21.0. The molecule has 1 amide bonds. The lowest BCUT2D eigenvalue weighted by Gasteiger charge is -2.44. The van der Waals surface area contributed by atoms with E-state index in [1.165, 1.54) is 28.7 Å². The maximum absolute atomic E-state index is 12.6. The van der Waals surface area contributed by atoms with Gasteiger partial charge in [-0.3, -0.25) is 4.90 Å². The first-order valence-corrected chi connectivity index (χ1v) is 11.1. The van der Waals surface area contributed by atoms with Gasteiger partial charge in [0.1, 0.15) is 6.61 Å². The Balaban J connectivity index is 1.39. The highest BCUT2D eigenvalue weighted by Gasteiger charge is 2.36. The number of benzene rings is 2. The van der Waals surface area contributed by atoms with E-state index in [4.69, 9.17) is 4.74 Å². The van der Waals surface area contributed by atoms with Gasteiger partial charge in [-0.1, -0.05) is 67.8 Å². The summed E-state index contributed by atoms with van der Waals surface area (Å²) in [4.78, 5) is 14.8. The van der Waals surface area contributed by atoms with Crippen LogP contribution in [0.3, 0.4) is 0 Å². The van der Waals surface area contributed by atoms with Crippen molar-refractivity contribution < 1.29 is 14.6 Å². The number of likely N-dealkylation sites (N-methyl/N-ethyl adjacent to an activating group) is 1. The van der Waals surface area contributed by atoms with Crippen molar-refractivity contribution in [1.29, 1.82) is 0 Å². The smallest absolute Gasteiger partial charge is 0.407 e. The maximum atomic E-state index is 12.6. The Morgan fingerprint density at radius 1 is 1.07 bits per heavy atom. The van der Waals surface area contributed by atoms with Crippen molar-refractivity contribution in [3.05, 3.63) is 59.7 Å². The fourth-order valence-corrected chi connectivity index (χ4v) is 5.18. The topological polar surface area (TPSA) is 61.8 Å². The number of aliphatic hydroxyl groups excluding tert-OH is 1. The Bertz CT molecular complexity index is 831. The lowest BCUT2D eigenvalue weighted by molar-refractivity contribution is 0.0555. The summed E-state index contributed by atoms with van der Waals surface area (Å²) in [5.41, 5.74) is 4.81. The predicted octanol–water partition coefficient (Wildman–Crippen LogP) is 4.15. The van der Waals surface area contributed by atoms with Crippen LogP contribution < -0.4 is 5.32 Å². The minimum Gasteiger partial charge on any atom is -0.449 e. The van der Waals surface area contributed by atoms with Crippen LogP contribution in [0.2, 0.25) is 0 Å². The normalized spacial score (nSPS) is 17.4. The summed E-state index contributed by atoms with van der Waals surface area (Å²) in [5.74, 6) is 0.0730. The van der Waals surface area contributed by atoms with Crippen LogP contribution in [0, 0.1) is 0 Å². The summed E-state index contributed by atoms with van der Waals surface area (Å²) in [6.07, 6.45) is 5.25. The summed E-state index contributed by atoms with van der Waals surface area (Å²) >= 11 is 0. The lowest BCUT2D eigenvalue weighted by Crippen LogP contribution is -2.56. The van der Waals surface area contributed by atoms with E-state index in [0.29, 0.717) is 19.7 Å². The Kier molecular flexibility index (Phi) is 6.40. The van der Waals surface area contributed by atoms with Gasteiger partial charge in [-0.25, -0.2) is 4.79 Å². The molecule has 2 N–H and O–H groups in total. The molecule has 30 heavy (non-hydrogen) atoms. The number of nitrogens with zero attached hydrogens (tertiary/aromatic N) is 1. The van der Waals surface area contributed by atoms with E-state index >= 15 is 0 Å². The Morgan fingerprint density at radius 3 is 2.27 bits per heavy atom. The SMILES string of the molecule is CN(CCO)C1(CNC(=O)OCC2c3ccccc3-c3ccccc32)CCCCC1. The van der Waals surface area contributed by atoms with Crippen molar-refractivity contribution in [3.8, 4) is 11.1 Å². The standard InChI is InChI=1S/C25H32N2O3/c1-27(15-16-28)25(13-7-2-8-14-25)18-26-24(29)30-17-23-21-11-5-3-9-19(21)20-10-4-6-12-22(20)23/h3-6,9-12,23,28H,2,7-8,13-18H2,1H3,(H,26,29). The zero-order valence-electron chi connectivity index (χ0n) is 17.8. The van der Waals surface area contributed by atoms with Crippen molar-refractivity contribution in [1.82, 2.24) is 10.2 Å². The van der Waals surface area contributed by atoms with Crippen LogP contribution in [0.4, 0.5) is 4.79 Å². The molecule has 4 rings (SSSR count). The predicted molar refractivity (Wildman–Crippen MR) is 119 cm³/mol. The van der Waals surface area contributed by atoms with Crippen molar-refractivity contribution in [2.24, 2.45) is 0 Å². The number of alkyl carbamates (subject to hydrolysis) is 1. The van der Waals surface area contributed by atoms with Gasteiger partial charge in [0.25, 0.3) is 0 Å². The van der Waals surface area contributed by atoms with Crippen LogP contribution in [-0.4, -0.2) is 55.0 Å². The molecule has 0 aliphatic heterocycles. The van der Waals surface area contributed by atoms with Gasteiger partial charge in [-0.05, 0) is 42.1 Å². The molecule has 0 radical (unpaired) electrons. The molecule has 1 saturated carbocycles. The minimum absolute atomic E-state index is 0.0730. The van der Waals surface area contributed by atoms with E-state index in [0.717, 1.165) is 25.7 Å². The monoisotopic (exact) mass is 408 g/mol. The van der Waals surface area contributed by atoms with E-state index in [2.05, 4.69) is 46.6 Å². The molecule has 1 fully saturated rings. The highest BCUT2D eigenvalue weighted by Crippen LogP contribution is 2.44. The Labute approximate surface area is 179 Å². The van der Waals surface area contributed by atoms with Gasteiger partial charge in [0.2, 0.25) is 0 Å². The van der Waals surface area contributed by atoms with E-state index in [9.17, 15) is 9.90 Å². The highest BCUT2D eigenvalue weighted by molar-refractivity contribution is 5.79. The van der Waals surface area contributed by atoms with Gasteiger partial charge in [-0.2, -0.15) is 0 Å². The van der Waals surface area contributed by atoms with Gasteiger partial charge < -0.3 is 15.2 Å². The number of β-amino-alcohol motifs (C(OH)–C–C–N with tert-alkyl or cyclic N) is 1. The van der Waals surface area contributed by atoms with Gasteiger partial charge >= 0.3 is 6.09 Å². The number of rotatable bonds is 7. The fraction of sp³-hybridized carbons (Fsp3) is 0.480.